The number of rotatable bonds is 2. The van der Waals surface area contributed by atoms with Crippen molar-refractivity contribution >= 4 is 33.2 Å². The van der Waals surface area contributed by atoms with Crippen LogP contribution in [0.1, 0.15) is 5.56 Å². The second-order valence-corrected chi connectivity index (χ2v) is 3.47. The largest absolute Gasteiger partial charge is 0.416 e. The molecule has 1 aromatic carbocycles. The van der Waals surface area contributed by atoms with Gasteiger partial charge in [-0.25, -0.2) is 0 Å². The molecule has 1 rings (SSSR count). The van der Waals surface area contributed by atoms with Gasteiger partial charge in [-0.1, -0.05) is 27.5 Å². The second-order valence-electron chi connectivity index (χ2n) is 2.50. The van der Waals surface area contributed by atoms with Crippen LogP contribution >= 0.6 is 27.5 Å². The standard InChI is InChI=1S/C8H6BrClF3N/c9-4-14-7-3-5(8(11,12)13)1-2-6(7)10/h1-3,14H,4H2. The molecule has 14 heavy (non-hydrogen) atoms. The number of anilines is 1. The maximum atomic E-state index is 12.3. The van der Waals surface area contributed by atoms with Crippen molar-refractivity contribution < 1.29 is 13.2 Å². The van der Waals surface area contributed by atoms with Crippen LogP contribution in [0.2, 0.25) is 5.02 Å². The molecule has 6 heteroatoms. The van der Waals surface area contributed by atoms with Gasteiger partial charge in [0, 0.05) is 0 Å². The smallest absolute Gasteiger partial charge is 0.374 e. The zero-order valence-corrected chi connectivity index (χ0v) is 9.17. The van der Waals surface area contributed by atoms with E-state index in [2.05, 4.69) is 21.2 Å². The van der Waals surface area contributed by atoms with Gasteiger partial charge in [0.05, 0.1) is 21.7 Å². The first-order valence-electron chi connectivity index (χ1n) is 3.61. The minimum atomic E-state index is -4.34. The molecule has 0 bridgehead atoms. The molecule has 0 aliphatic rings. The molecule has 0 amide bonds. The summed E-state index contributed by atoms with van der Waals surface area (Å²) in [4.78, 5) is 0. The quantitative estimate of drug-likeness (QED) is 0.637. The number of halogens is 5. The summed E-state index contributed by atoms with van der Waals surface area (Å²) in [6, 6.07) is 3.14. The molecule has 0 unspecified atom stereocenters. The van der Waals surface area contributed by atoms with Crippen molar-refractivity contribution in [3.63, 3.8) is 0 Å². The van der Waals surface area contributed by atoms with Crippen LogP contribution in [0.5, 0.6) is 0 Å². The first-order valence-corrected chi connectivity index (χ1v) is 5.11. The van der Waals surface area contributed by atoms with Crippen molar-refractivity contribution in [2.75, 3.05) is 10.8 Å². The van der Waals surface area contributed by atoms with Crippen LogP contribution in [0.4, 0.5) is 18.9 Å². The summed E-state index contributed by atoms with van der Waals surface area (Å²) >= 11 is 8.72. The fourth-order valence-electron chi connectivity index (χ4n) is 0.909. The van der Waals surface area contributed by atoms with Gasteiger partial charge in [-0.15, -0.1) is 0 Å². The molecule has 0 aliphatic carbocycles. The van der Waals surface area contributed by atoms with E-state index < -0.39 is 11.7 Å². The Morgan fingerprint density at radius 2 is 2.00 bits per heavy atom. The Hall–Kier alpha value is -0.420. The van der Waals surface area contributed by atoms with Gasteiger partial charge in [-0.05, 0) is 18.2 Å². The van der Waals surface area contributed by atoms with E-state index in [1.54, 1.807) is 0 Å². The maximum absolute atomic E-state index is 12.3. The Morgan fingerprint density at radius 1 is 1.36 bits per heavy atom. The van der Waals surface area contributed by atoms with Gasteiger partial charge in [-0.3, -0.25) is 0 Å². The van der Waals surface area contributed by atoms with E-state index in [4.69, 9.17) is 11.6 Å². The van der Waals surface area contributed by atoms with Crippen LogP contribution in [-0.4, -0.2) is 5.45 Å². The lowest BCUT2D eigenvalue weighted by atomic mass is 10.2. The molecule has 78 valence electrons. The Morgan fingerprint density at radius 3 is 2.50 bits per heavy atom. The monoisotopic (exact) mass is 287 g/mol. The topological polar surface area (TPSA) is 12.0 Å². The van der Waals surface area contributed by atoms with Gasteiger partial charge in [0.15, 0.2) is 0 Å². The third-order valence-corrected chi connectivity index (χ3v) is 2.16. The van der Waals surface area contributed by atoms with Crippen LogP contribution in [-0.2, 0) is 6.18 Å². The van der Waals surface area contributed by atoms with Gasteiger partial charge >= 0.3 is 6.18 Å². The van der Waals surface area contributed by atoms with E-state index in [1.165, 1.54) is 6.07 Å². The highest BCUT2D eigenvalue weighted by molar-refractivity contribution is 9.09. The molecule has 0 heterocycles. The van der Waals surface area contributed by atoms with Crippen LogP contribution in [0.25, 0.3) is 0 Å². The molecule has 0 radical (unpaired) electrons. The molecule has 1 nitrogen and oxygen atoms in total. The van der Waals surface area contributed by atoms with Gasteiger partial charge in [0.25, 0.3) is 0 Å². The van der Waals surface area contributed by atoms with E-state index in [0.29, 0.717) is 5.45 Å². The molecular weight excluding hydrogens is 282 g/mol. The molecule has 0 atom stereocenters. The summed E-state index contributed by atoms with van der Waals surface area (Å²) in [6.07, 6.45) is -4.34. The van der Waals surface area contributed by atoms with Crippen molar-refractivity contribution in [3.05, 3.63) is 28.8 Å². The average Bonchev–Trinajstić information content (AvgIpc) is 2.07. The lowest BCUT2D eigenvalue weighted by molar-refractivity contribution is -0.137. The number of benzene rings is 1. The first-order chi connectivity index (χ1) is 6.45. The number of hydrogen-bond donors (Lipinski definition) is 1. The molecule has 0 saturated carbocycles. The zero-order chi connectivity index (χ0) is 10.8. The van der Waals surface area contributed by atoms with E-state index in [0.717, 1.165) is 12.1 Å². The van der Waals surface area contributed by atoms with Crippen molar-refractivity contribution in [3.8, 4) is 0 Å². The summed E-state index contributed by atoms with van der Waals surface area (Å²) < 4.78 is 36.8. The van der Waals surface area contributed by atoms with Crippen molar-refractivity contribution in [2.24, 2.45) is 0 Å². The lowest BCUT2D eigenvalue weighted by Crippen LogP contribution is -2.06. The van der Waals surface area contributed by atoms with Gasteiger partial charge in [0.1, 0.15) is 0 Å². The Bertz CT molecular complexity index is 327. The normalized spacial score (nSPS) is 11.5. The van der Waals surface area contributed by atoms with Crippen LogP contribution < -0.4 is 5.32 Å². The fraction of sp³-hybridized carbons (Fsp3) is 0.250. The summed E-state index contributed by atoms with van der Waals surface area (Å²) in [5.74, 6) is 0. The number of hydrogen-bond acceptors (Lipinski definition) is 1. The molecular formula is C8H6BrClF3N. The molecule has 0 aliphatic heterocycles. The molecule has 0 saturated heterocycles. The highest BCUT2D eigenvalue weighted by atomic mass is 79.9. The lowest BCUT2D eigenvalue weighted by Gasteiger charge is -2.10. The highest BCUT2D eigenvalue weighted by Crippen LogP contribution is 2.33. The van der Waals surface area contributed by atoms with Gasteiger partial charge in [0.2, 0.25) is 0 Å². The van der Waals surface area contributed by atoms with Gasteiger partial charge in [-0.2, -0.15) is 13.2 Å². The van der Waals surface area contributed by atoms with Crippen LogP contribution in [0.3, 0.4) is 0 Å². The third kappa shape index (κ3) is 2.78. The maximum Gasteiger partial charge on any atom is 0.416 e. The summed E-state index contributed by atoms with van der Waals surface area (Å²) in [5.41, 5.74) is -0.114. The van der Waals surface area contributed by atoms with E-state index >= 15 is 0 Å². The molecule has 1 aromatic rings. The Kier molecular flexibility index (Phi) is 3.66. The molecule has 0 aromatic heterocycles. The number of nitrogens with one attached hydrogen (secondary N) is 1. The molecule has 1 N–H and O–H groups in total. The average molecular weight is 288 g/mol. The Balaban J connectivity index is 3.06. The van der Waals surface area contributed by atoms with E-state index in [-0.39, 0.29) is 10.7 Å². The molecule has 0 spiro atoms. The minimum Gasteiger partial charge on any atom is -0.374 e. The van der Waals surface area contributed by atoms with Crippen LogP contribution in [0.15, 0.2) is 18.2 Å². The zero-order valence-electron chi connectivity index (χ0n) is 6.83. The number of alkyl halides is 4. The minimum absolute atomic E-state index is 0.262. The van der Waals surface area contributed by atoms with Crippen LogP contribution in [0, 0.1) is 0 Å². The first kappa shape index (κ1) is 11.7. The van der Waals surface area contributed by atoms with E-state index in [1.807, 2.05) is 0 Å². The van der Waals surface area contributed by atoms with Gasteiger partial charge < -0.3 is 5.32 Å². The molecule has 0 fully saturated rings. The van der Waals surface area contributed by atoms with E-state index in [9.17, 15) is 13.2 Å². The summed E-state index contributed by atoms with van der Waals surface area (Å²) in [6.45, 7) is 0. The fourth-order valence-corrected chi connectivity index (χ4v) is 1.40. The van der Waals surface area contributed by atoms with Crippen molar-refractivity contribution in [1.29, 1.82) is 0 Å². The summed E-state index contributed by atoms with van der Waals surface area (Å²) in [7, 11) is 0. The predicted octanol–water partition coefficient (Wildman–Crippen LogP) is 4.12. The predicted molar refractivity (Wildman–Crippen MR) is 53.9 cm³/mol. The second kappa shape index (κ2) is 4.40. The summed E-state index contributed by atoms with van der Waals surface area (Å²) in [5, 5.41) is 2.93. The van der Waals surface area contributed by atoms with Crippen molar-refractivity contribution in [1.82, 2.24) is 0 Å². The highest BCUT2D eigenvalue weighted by Gasteiger charge is 2.30. The Labute approximate surface area is 92.4 Å². The third-order valence-electron chi connectivity index (χ3n) is 1.55. The van der Waals surface area contributed by atoms with Crippen molar-refractivity contribution in [2.45, 2.75) is 6.18 Å². The SMILES string of the molecule is FC(F)(F)c1ccc(Cl)c(NCBr)c1.